The van der Waals surface area contributed by atoms with Crippen LogP contribution in [0.4, 0.5) is 0 Å². The number of nitrogens with one attached hydrogen (secondary N) is 1. The Bertz CT molecular complexity index is 615. The molecule has 0 saturated heterocycles. The summed E-state index contributed by atoms with van der Waals surface area (Å²) in [6.45, 7) is 0.464. The minimum absolute atomic E-state index is 0. The van der Waals surface area contributed by atoms with Gasteiger partial charge in [-0.15, -0.1) is 12.4 Å². The van der Waals surface area contributed by atoms with Crippen molar-refractivity contribution in [1.29, 1.82) is 5.26 Å². The van der Waals surface area contributed by atoms with Gasteiger partial charge in [-0.25, -0.2) is 18.1 Å². The van der Waals surface area contributed by atoms with Gasteiger partial charge < -0.3 is 5.73 Å². The summed E-state index contributed by atoms with van der Waals surface area (Å²) in [6, 6.07) is 4.56. The minimum Gasteiger partial charge on any atom is -0.330 e. The molecule has 2 atom stereocenters. The summed E-state index contributed by atoms with van der Waals surface area (Å²) in [6.07, 6.45) is 5.18. The van der Waals surface area contributed by atoms with Crippen molar-refractivity contribution in [2.45, 2.75) is 36.6 Å². The SMILES string of the molecule is Cl.N#Cc1ncccc1S(=O)(=O)NC1CCCCC1CN. The number of nitrogens with zero attached hydrogens (tertiary/aromatic N) is 2. The first-order valence-electron chi connectivity index (χ1n) is 6.66. The van der Waals surface area contributed by atoms with Gasteiger partial charge in [0.2, 0.25) is 10.0 Å². The van der Waals surface area contributed by atoms with E-state index in [1.807, 2.05) is 6.07 Å². The van der Waals surface area contributed by atoms with Gasteiger partial charge in [-0.05, 0) is 37.4 Å². The van der Waals surface area contributed by atoms with Crippen LogP contribution in [0.15, 0.2) is 23.2 Å². The van der Waals surface area contributed by atoms with Gasteiger partial charge in [0.05, 0.1) is 0 Å². The Kier molecular flexibility index (Phi) is 6.55. The fourth-order valence-electron chi connectivity index (χ4n) is 2.60. The van der Waals surface area contributed by atoms with Gasteiger partial charge >= 0.3 is 0 Å². The Hall–Kier alpha value is -1.20. The van der Waals surface area contributed by atoms with E-state index >= 15 is 0 Å². The zero-order valence-corrected chi connectivity index (χ0v) is 13.2. The van der Waals surface area contributed by atoms with Crippen LogP contribution < -0.4 is 10.5 Å². The highest BCUT2D eigenvalue weighted by atomic mass is 35.5. The third-order valence-corrected chi connectivity index (χ3v) is 5.21. The average Bonchev–Trinajstić information content (AvgIpc) is 2.47. The van der Waals surface area contributed by atoms with Crippen molar-refractivity contribution in [3.8, 4) is 6.07 Å². The fraction of sp³-hybridized carbons (Fsp3) is 0.538. The van der Waals surface area contributed by atoms with E-state index < -0.39 is 10.0 Å². The lowest BCUT2D eigenvalue weighted by atomic mass is 9.85. The maximum Gasteiger partial charge on any atom is 0.243 e. The molecule has 0 spiro atoms. The van der Waals surface area contributed by atoms with Crippen LogP contribution in [0.25, 0.3) is 0 Å². The molecule has 0 amide bonds. The molecule has 1 aromatic rings. The van der Waals surface area contributed by atoms with Crippen LogP contribution in [0.3, 0.4) is 0 Å². The monoisotopic (exact) mass is 330 g/mol. The maximum absolute atomic E-state index is 12.4. The first-order chi connectivity index (χ1) is 9.58. The van der Waals surface area contributed by atoms with E-state index in [0.717, 1.165) is 25.7 Å². The average molecular weight is 331 g/mol. The van der Waals surface area contributed by atoms with Crippen molar-refractivity contribution in [1.82, 2.24) is 9.71 Å². The van der Waals surface area contributed by atoms with E-state index in [4.69, 9.17) is 11.0 Å². The number of pyridine rings is 1. The number of hydrogen-bond donors (Lipinski definition) is 2. The third kappa shape index (κ3) is 4.14. The fourth-order valence-corrected chi connectivity index (χ4v) is 4.05. The molecule has 1 aromatic heterocycles. The van der Waals surface area contributed by atoms with Gasteiger partial charge in [0, 0.05) is 12.2 Å². The molecule has 2 rings (SSSR count). The van der Waals surface area contributed by atoms with Gasteiger partial charge in [-0.1, -0.05) is 12.8 Å². The summed E-state index contributed by atoms with van der Waals surface area (Å²) in [5, 5.41) is 8.96. The summed E-state index contributed by atoms with van der Waals surface area (Å²) in [5.74, 6) is 0.153. The number of hydrogen-bond acceptors (Lipinski definition) is 5. The third-order valence-electron chi connectivity index (χ3n) is 3.68. The zero-order chi connectivity index (χ0) is 14.6. The maximum atomic E-state index is 12.4. The molecule has 2 unspecified atom stereocenters. The molecule has 1 saturated carbocycles. The summed E-state index contributed by atoms with van der Waals surface area (Å²) in [5.41, 5.74) is 5.62. The number of sulfonamides is 1. The molecule has 0 radical (unpaired) electrons. The molecule has 1 fully saturated rings. The zero-order valence-electron chi connectivity index (χ0n) is 11.5. The predicted octanol–water partition coefficient (Wildman–Crippen LogP) is 1.17. The smallest absolute Gasteiger partial charge is 0.243 e. The highest BCUT2D eigenvalue weighted by Crippen LogP contribution is 2.25. The van der Waals surface area contributed by atoms with Crippen LogP contribution in [0.2, 0.25) is 0 Å². The van der Waals surface area contributed by atoms with E-state index in [1.54, 1.807) is 0 Å². The molecule has 1 heterocycles. The highest BCUT2D eigenvalue weighted by molar-refractivity contribution is 7.89. The summed E-state index contributed by atoms with van der Waals surface area (Å²) in [7, 11) is -3.74. The second-order valence-corrected chi connectivity index (χ2v) is 6.65. The molecule has 0 aliphatic heterocycles. The topological polar surface area (TPSA) is 109 Å². The van der Waals surface area contributed by atoms with E-state index in [-0.39, 0.29) is 35.0 Å². The van der Waals surface area contributed by atoms with Crippen molar-refractivity contribution < 1.29 is 8.42 Å². The summed E-state index contributed by atoms with van der Waals surface area (Å²) in [4.78, 5) is 3.72. The molecule has 21 heavy (non-hydrogen) atoms. The number of halogens is 1. The molecule has 8 heteroatoms. The van der Waals surface area contributed by atoms with E-state index in [0.29, 0.717) is 6.54 Å². The van der Waals surface area contributed by atoms with E-state index in [1.165, 1.54) is 18.3 Å². The molecule has 0 bridgehead atoms. The van der Waals surface area contributed by atoms with Crippen LogP contribution >= 0.6 is 12.4 Å². The number of nitrogens with two attached hydrogens (primary N) is 1. The van der Waals surface area contributed by atoms with Crippen molar-refractivity contribution in [3.63, 3.8) is 0 Å². The largest absolute Gasteiger partial charge is 0.330 e. The van der Waals surface area contributed by atoms with Crippen LogP contribution in [0, 0.1) is 17.2 Å². The van der Waals surface area contributed by atoms with Gasteiger partial charge in [0.25, 0.3) is 0 Å². The first kappa shape index (κ1) is 17.9. The summed E-state index contributed by atoms with van der Waals surface area (Å²) < 4.78 is 27.5. The minimum atomic E-state index is -3.74. The van der Waals surface area contributed by atoms with E-state index in [9.17, 15) is 8.42 Å². The summed E-state index contributed by atoms with van der Waals surface area (Å²) >= 11 is 0. The molecule has 1 aliphatic carbocycles. The molecular weight excluding hydrogens is 312 g/mol. The highest BCUT2D eigenvalue weighted by Gasteiger charge is 2.29. The van der Waals surface area contributed by atoms with Crippen molar-refractivity contribution in [2.75, 3.05) is 6.54 Å². The molecular formula is C13H19ClN4O2S. The Balaban J connectivity index is 0.00000220. The van der Waals surface area contributed by atoms with Gasteiger partial charge in [0.15, 0.2) is 5.69 Å². The lowest BCUT2D eigenvalue weighted by Gasteiger charge is -2.31. The van der Waals surface area contributed by atoms with Gasteiger partial charge in [-0.3, -0.25) is 0 Å². The second-order valence-electron chi connectivity index (χ2n) is 4.97. The molecule has 3 N–H and O–H groups in total. The Morgan fingerprint density at radius 3 is 2.81 bits per heavy atom. The standard InChI is InChI=1S/C13H18N4O2S.ClH/c14-8-10-4-1-2-5-11(10)17-20(18,19)13-6-3-7-16-12(13)9-15;/h3,6-7,10-11,17H,1-2,4-5,8,14H2;1H. The van der Waals surface area contributed by atoms with Crippen molar-refractivity contribution >= 4 is 22.4 Å². The Labute approximate surface area is 131 Å². The van der Waals surface area contributed by atoms with Gasteiger partial charge in [-0.2, -0.15) is 5.26 Å². The van der Waals surface area contributed by atoms with Crippen molar-refractivity contribution in [2.24, 2.45) is 11.7 Å². The number of rotatable bonds is 4. The van der Waals surface area contributed by atoms with Crippen LogP contribution in [-0.2, 0) is 10.0 Å². The second kappa shape index (κ2) is 7.71. The first-order valence-corrected chi connectivity index (χ1v) is 8.14. The van der Waals surface area contributed by atoms with Gasteiger partial charge in [0.1, 0.15) is 11.0 Å². The molecule has 1 aliphatic rings. The molecule has 116 valence electrons. The number of nitriles is 1. The van der Waals surface area contributed by atoms with Crippen LogP contribution in [0.5, 0.6) is 0 Å². The number of aromatic nitrogens is 1. The lowest BCUT2D eigenvalue weighted by molar-refractivity contribution is 0.296. The Morgan fingerprint density at radius 1 is 1.43 bits per heavy atom. The lowest BCUT2D eigenvalue weighted by Crippen LogP contribution is -2.44. The quantitative estimate of drug-likeness (QED) is 0.861. The van der Waals surface area contributed by atoms with E-state index in [2.05, 4.69) is 9.71 Å². The van der Waals surface area contributed by atoms with Crippen LogP contribution in [-0.4, -0.2) is 26.0 Å². The van der Waals surface area contributed by atoms with Crippen LogP contribution in [0.1, 0.15) is 31.4 Å². The normalized spacial score (nSPS) is 22.1. The molecule has 0 aromatic carbocycles. The van der Waals surface area contributed by atoms with Crippen molar-refractivity contribution in [3.05, 3.63) is 24.0 Å². The Morgan fingerprint density at radius 2 is 2.14 bits per heavy atom. The predicted molar refractivity (Wildman–Crippen MR) is 81.3 cm³/mol. The molecule has 6 nitrogen and oxygen atoms in total.